The predicted molar refractivity (Wildman–Crippen MR) is 110 cm³/mol. The Balaban J connectivity index is 2.11. The van der Waals surface area contributed by atoms with Gasteiger partial charge in [-0.05, 0) is 37.4 Å². The maximum atomic E-state index is 12.2. The number of carbonyl (C=O) groups excluding carboxylic acids is 2. The van der Waals surface area contributed by atoms with Gasteiger partial charge in [0.25, 0.3) is 5.91 Å². The van der Waals surface area contributed by atoms with Gasteiger partial charge in [-0.25, -0.2) is 17.9 Å². The molecule has 0 aliphatic carbocycles. The SMILES string of the molecule is CNS(=O)(=O)c1cc(C(=O)OCC(=O)Nc2c(Cl)cc(Cl)cc2Cl)ccc1OC. The van der Waals surface area contributed by atoms with Crippen LogP contribution in [0.5, 0.6) is 5.75 Å². The largest absolute Gasteiger partial charge is 0.495 e. The molecule has 0 atom stereocenters. The average Bonchev–Trinajstić information content (AvgIpc) is 2.68. The zero-order valence-corrected chi connectivity index (χ0v) is 18.2. The second-order valence-electron chi connectivity index (χ2n) is 5.44. The summed E-state index contributed by atoms with van der Waals surface area (Å²) in [6.07, 6.45) is 0. The molecule has 0 unspecified atom stereocenters. The summed E-state index contributed by atoms with van der Waals surface area (Å²) in [5, 5.41) is 2.92. The van der Waals surface area contributed by atoms with Gasteiger partial charge >= 0.3 is 5.97 Å². The molecular formula is C17H15Cl3N2O6S. The second kappa shape index (κ2) is 9.64. The van der Waals surface area contributed by atoms with E-state index in [0.29, 0.717) is 0 Å². The van der Waals surface area contributed by atoms with Gasteiger partial charge in [-0.1, -0.05) is 34.8 Å². The molecule has 0 aromatic heterocycles. The Bertz CT molecular complexity index is 1040. The van der Waals surface area contributed by atoms with Crippen molar-refractivity contribution in [2.75, 3.05) is 26.1 Å². The Morgan fingerprint density at radius 1 is 1.07 bits per heavy atom. The van der Waals surface area contributed by atoms with Crippen molar-refractivity contribution in [3.05, 3.63) is 51.0 Å². The van der Waals surface area contributed by atoms with Gasteiger partial charge in [-0.3, -0.25) is 4.79 Å². The smallest absolute Gasteiger partial charge is 0.338 e. The zero-order chi connectivity index (χ0) is 21.8. The van der Waals surface area contributed by atoms with Crippen molar-refractivity contribution in [2.24, 2.45) is 0 Å². The fourth-order valence-corrected chi connectivity index (χ4v) is 4.00. The van der Waals surface area contributed by atoms with Crippen molar-refractivity contribution >= 4 is 62.4 Å². The summed E-state index contributed by atoms with van der Waals surface area (Å²) in [6, 6.07) is 6.46. The van der Waals surface area contributed by atoms with Crippen LogP contribution in [0.15, 0.2) is 35.2 Å². The summed E-state index contributed by atoms with van der Waals surface area (Å²) in [7, 11) is -1.37. The van der Waals surface area contributed by atoms with Crippen LogP contribution in [-0.4, -0.2) is 41.1 Å². The molecular weight excluding hydrogens is 467 g/mol. The molecule has 0 aliphatic heterocycles. The van der Waals surface area contributed by atoms with Crippen LogP contribution in [0.1, 0.15) is 10.4 Å². The molecule has 1 amide bonds. The van der Waals surface area contributed by atoms with Crippen molar-refractivity contribution in [3.8, 4) is 5.75 Å². The van der Waals surface area contributed by atoms with Crippen LogP contribution in [0.4, 0.5) is 5.69 Å². The maximum Gasteiger partial charge on any atom is 0.338 e. The number of esters is 1. The van der Waals surface area contributed by atoms with Gasteiger partial charge in [0.1, 0.15) is 10.6 Å². The summed E-state index contributed by atoms with van der Waals surface area (Å²) >= 11 is 17.7. The van der Waals surface area contributed by atoms with E-state index in [1.165, 1.54) is 38.4 Å². The Morgan fingerprint density at radius 3 is 2.24 bits per heavy atom. The fourth-order valence-electron chi connectivity index (χ4n) is 2.18. The van der Waals surface area contributed by atoms with Gasteiger partial charge in [0.15, 0.2) is 6.61 Å². The molecule has 2 rings (SSSR count). The van der Waals surface area contributed by atoms with Crippen molar-refractivity contribution in [1.82, 2.24) is 4.72 Å². The quantitative estimate of drug-likeness (QED) is 0.587. The highest BCUT2D eigenvalue weighted by Gasteiger charge is 2.21. The van der Waals surface area contributed by atoms with Crippen LogP contribution >= 0.6 is 34.8 Å². The molecule has 12 heteroatoms. The number of hydrogen-bond donors (Lipinski definition) is 2. The minimum Gasteiger partial charge on any atom is -0.495 e. The molecule has 2 aromatic rings. The molecule has 2 aromatic carbocycles. The number of ether oxygens (including phenoxy) is 2. The number of rotatable bonds is 7. The molecule has 8 nitrogen and oxygen atoms in total. The summed E-state index contributed by atoms with van der Waals surface area (Å²) in [4.78, 5) is 24.0. The first-order valence-electron chi connectivity index (χ1n) is 7.82. The number of nitrogens with one attached hydrogen (secondary N) is 2. The highest BCUT2D eigenvalue weighted by Crippen LogP contribution is 2.33. The van der Waals surface area contributed by atoms with Gasteiger partial charge in [-0.15, -0.1) is 0 Å². The number of carbonyl (C=O) groups is 2. The van der Waals surface area contributed by atoms with Crippen LogP contribution in [0.3, 0.4) is 0 Å². The zero-order valence-electron chi connectivity index (χ0n) is 15.1. The van der Waals surface area contributed by atoms with Crippen LogP contribution in [-0.2, 0) is 19.6 Å². The first kappa shape index (κ1) is 23.2. The molecule has 0 saturated carbocycles. The van der Waals surface area contributed by atoms with E-state index in [1.54, 1.807) is 0 Å². The minimum absolute atomic E-state index is 0.0423. The van der Waals surface area contributed by atoms with Gasteiger partial charge in [0.2, 0.25) is 10.0 Å². The number of halogens is 3. The predicted octanol–water partition coefficient (Wildman–Crippen LogP) is 3.36. The Kier molecular flexibility index (Phi) is 7.73. The lowest BCUT2D eigenvalue weighted by Gasteiger charge is -2.12. The van der Waals surface area contributed by atoms with E-state index < -0.39 is 28.5 Å². The number of sulfonamides is 1. The second-order valence-corrected chi connectivity index (χ2v) is 8.55. The highest BCUT2D eigenvalue weighted by molar-refractivity contribution is 7.89. The highest BCUT2D eigenvalue weighted by atomic mass is 35.5. The average molecular weight is 482 g/mol. The van der Waals surface area contributed by atoms with Crippen LogP contribution in [0.25, 0.3) is 0 Å². The first-order valence-corrected chi connectivity index (χ1v) is 10.4. The molecule has 0 heterocycles. The summed E-state index contributed by atoms with van der Waals surface area (Å²) < 4.78 is 36.2. The van der Waals surface area contributed by atoms with Gasteiger partial charge in [0, 0.05) is 5.02 Å². The minimum atomic E-state index is -3.88. The van der Waals surface area contributed by atoms with E-state index in [1.807, 2.05) is 0 Å². The lowest BCUT2D eigenvalue weighted by molar-refractivity contribution is -0.119. The van der Waals surface area contributed by atoms with Crippen molar-refractivity contribution in [2.45, 2.75) is 4.90 Å². The Hall–Kier alpha value is -2.04. The standard InChI is InChI=1S/C17H15Cl3N2O6S/c1-21-29(25,26)14-5-9(3-4-13(14)27-2)17(24)28-8-15(23)22-16-11(19)6-10(18)7-12(16)20/h3-7,21H,8H2,1-2H3,(H,22,23). The van der Waals surface area contributed by atoms with Crippen LogP contribution in [0, 0.1) is 0 Å². The van der Waals surface area contributed by atoms with E-state index in [-0.39, 0.29) is 37.0 Å². The molecule has 0 saturated heterocycles. The number of benzene rings is 2. The summed E-state index contributed by atoms with van der Waals surface area (Å²) in [6.45, 7) is -0.658. The lowest BCUT2D eigenvalue weighted by Crippen LogP contribution is -2.22. The van der Waals surface area contributed by atoms with E-state index >= 15 is 0 Å². The molecule has 156 valence electrons. The molecule has 0 aliphatic rings. The fraction of sp³-hybridized carbons (Fsp3) is 0.176. The first-order chi connectivity index (χ1) is 13.6. The van der Waals surface area contributed by atoms with Crippen LogP contribution in [0.2, 0.25) is 15.1 Å². The van der Waals surface area contributed by atoms with Gasteiger partial charge < -0.3 is 14.8 Å². The Morgan fingerprint density at radius 2 is 1.69 bits per heavy atom. The normalized spacial score (nSPS) is 11.1. The third-order valence-electron chi connectivity index (χ3n) is 3.56. The van der Waals surface area contributed by atoms with Crippen molar-refractivity contribution in [3.63, 3.8) is 0 Å². The summed E-state index contributed by atoms with van der Waals surface area (Å²) in [5.41, 5.74) is 0.0283. The molecule has 0 fully saturated rings. The molecule has 29 heavy (non-hydrogen) atoms. The van der Waals surface area contributed by atoms with E-state index in [0.717, 1.165) is 6.07 Å². The topological polar surface area (TPSA) is 111 Å². The van der Waals surface area contributed by atoms with Crippen molar-refractivity contribution < 1.29 is 27.5 Å². The van der Waals surface area contributed by atoms with Crippen LogP contribution < -0.4 is 14.8 Å². The number of hydrogen-bond acceptors (Lipinski definition) is 6. The number of methoxy groups -OCH3 is 1. The van der Waals surface area contributed by atoms with E-state index in [4.69, 9.17) is 44.3 Å². The molecule has 0 radical (unpaired) electrons. The van der Waals surface area contributed by atoms with Gasteiger partial charge in [-0.2, -0.15) is 0 Å². The third kappa shape index (κ3) is 5.74. The summed E-state index contributed by atoms with van der Waals surface area (Å²) in [5.74, 6) is -1.58. The third-order valence-corrected chi connectivity index (χ3v) is 5.81. The molecule has 2 N–H and O–H groups in total. The monoisotopic (exact) mass is 480 g/mol. The maximum absolute atomic E-state index is 12.2. The number of anilines is 1. The van der Waals surface area contributed by atoms with Crippen molar-refractivity contribution in [1.29, 1.82) is 0 Å². The van der Waals surface area contributed by atoms with E-state index in [2.05, 4.69) is 10.0 Å². The molecule has 0 bridgehead atoms. The lowest BCUT2D eigenvalue weighted by atomic mass is 10.2. The van der Waals surface area contributed by atoms with Gasteiger partial charge in [0.05, 0.1) is 28.4 Å². The Labute approximate surface area is 182 Å². The van der Waals surface area contributed by atoms with E-state index in [9.17, 15) is 18.0 Å². The number of amides is 1. The molecule has 0 spiro atoms.